The topological polar surface area (TPSA) is 17.1 Å². The molecule has 0 saturated heterocycles. The van der Waals surface area contributed by atoms with Gasteiger partial charge in [0.1, 0.15) is 0 Å². The summed E-state index contributed by atoms with van der Waals surface area (Å²) < 4.78 is -0.0625. The van der Waals surface area contributed by atoms with E-state index in [1.165, 1.54) is 6.08 Å². The number of allylic oxidation sites excluding steroid dienone is 2. The summed E-state index contributed by atoms with van der Waals surface area (Å²) in [5.41, 5.74) is 1.02. The molecule has 0 atom stereocenters. The molecule has 40 valence electrons. The number of carbonyl (C=O) groups excluding carboxylic acids is 1. The van der Waals surface area contributed by atoms with Gasteiger partial charge in [-0.05, 0) is 35.9 Å². The zero-order chi connectivity index (χ0) is 5.86. The van der Waals surface area contributed by atoms with E-state index in [9.17, 15) is 4.79 Å². The third-order valence-corrected chi connectivity index (χ3v) is 0.631. The first kappa shape index (κ1) is 6.89. The lowest BCUT2D eigenvalue weighted by Gasteiger charge is -1.79. The summed E-state index contributed by atoms with van der Waals surface area (Å²) in [7, 11) is 0. The number of rotatable bonds is 1. The van der Waals surface area contributed by atoms with Crippen LogP contribution in [-0.4, -0.2) is 4.69 Å². The third-order valence-electron chi connectivity index (χ3n) is 0.402. The van der Waals surface area contributed by atoms with Gasteiger partial charge in [-0.3, -0.25) is 4.79 Å². The molecule has 7 heavy (non-hydrogen) atoms. The molecule has 0 saturated carbocycles. The van der Waals surface area contributed by atoms with Crippen molar-refractivity contribution in [2.75, 3.05) is 0 Å². The number of hydrogen-bond donors (Lipinski definition) is 0. The lowest BCUT2D eigenvalue weighted by molar-refractivity contribution is -0.106. The van der Waals surface area contributed by atoms with Crippen molar-refractivity contribution < 1.29 is 4.79 Å². The van der Waals surface area contributed by atoms with Crippen LogP contribution >= 0.6 is 15.9 Å². The molecule has 0 bridgehead atoms. The average Bonchev–Trinajstić information content (AvgIpc) is 1.27. The van der Waals surface area contributed by atoms with Crippen LogP contribution in [-0.2, 0) is 4.79 Å². The molecular formula is C5H7BrO. The molecule has 0 amide bonds. The molecule has 0 unspecified atom stereocenters. The number of halogens is 1. The standard InChI is InChI=1S/C5H7BrO/c1-4(2)3-5(6)7/h3H,1-2H3. The Morgan fingerprint density at radius 1 is 1.57 bits per heavy atom. The summed E-state index contributed by atoms with van der Waals surface area (Å²) in [6, 6.07) is 0. The molecule has 0 fully saturated rings. The summed E-state index contributed by atoms with van der Waals surface area (Å²) in [4.78, 5) is 10.1. The second-order valence-electron chi connectivity index (χ2n) is 1.53. The molecule has 0 aliphatic carbocycles. The highest BCUT2D eigenvalue weighted by molar-refractivity contribution is 9.18. The monoisotopic (exact) mass is 162 g/mol. The van der Waals surface area contributed by atoms with Gasteiger partial charge in [0.25, 0.3) is 0 Å². The molecule has 0 rings (SSSR count). The van der Waals surface area contributed by atoms with Crippen molar-refractivity contribution in [1.29, 1.82) is 0 Å². The fourth-order valence-electron chi connectivity index (χ4n) is 0.227. The Kier molecular flexibility index (Phi) is 2.92. The maximum Gasteiger partial charge on any atom is 0.220 e. The molecule has 0 aliphatic heterocycles. The lowest BCUT2D eigenvalue weighted by atomic mass is 10.3. The molecule has 0 aromatic carbocycles. The highest BCUT2D eigenvalue weighted by atomic mass is 79.9. The van der Waals surface area contributed by atoms with Gasteiger partial charge in [0.05, 0.1) is 0 Å². The molecule has 0 aromatic rings. The van der Waals surface area contributed by atoms with Crippen molar-refractivity contribution in [3.63, 3.8) is 0 Å². The first-order valence-electron chi connectivity index (χ1n) is 1.97. The highest BCUT2D eigenvalue weighted by Gasteiger charge is 1.83. The third kappa shape index (κ3) is 5.89. The van der Waals surface area contributed by atoms with Crippen LogP contribution in [0.5, 0.6) is 0 Å². The molecule has 0 radical (unpaired) electrons. The van der Waals surface area contributed by atoms with Crippen molar-refractivity contribution in [1.82, 2.24) is 0 Å². The first-order valence-corrected chi connectivity index (χ1v) is 2.76. The molecule has 0 aromatic heterocycles. The van der Waals surface area contributed by atoms with Gasteiger partial charge in [0.2, 0.25) is 4.69 Å². The minimum absolute atomic E-state index is 0.0625. The van der Waals surface area contributed by atoms with E-state index in [4.69, 9.17) is 0 Å². The van der Waals surface area contributed by atoms with E-state index >= 15 is 0 Å². The van der Waals surface area contributed by atoms with Crippen LogP contribution in [0.25, 0.3) is 0 Å². The Bertz CT molecular complexity index is 101. The molecule has 0 aliphatic rings. The van der Waals surface area contributed by atoms with E-state index in [0.29, 0.717) is 0 Å². The van der Waals surface area contributed by atoms with Crippen LogP contribution in [0.3, 0.4) is 0 Å². The Labute approximate surface area is 51.5 Å². The van der Waals surface area contributed by atoms with Gasteiger partial charge in [-0.2, -0.15) is 0 Å². The van der Waals surface area contributed by atoms with Gasteiger partial charge in [0.15, 0.2) is 0 Å². The SMILES string of the molecule is CC(C)=CC(=O)Br. The van der Waals surface area contributed by atoms with Crippen molar-refractivity contribution in [3.8, 4) is 0 Å². The van der Waals surface area contributed by atoms with Crippen molar-refractivity contribution in [2.45, 2.75) is 13.8 Å². The molecule has 1 nitrogen and oxygen atoms in total. The average molecular weight is 163 g/mol. The molecule has 0 heterocycles. The van der Waals surface area contributed by atoms with Crippen LogP contribution in [0.15, 0.2) is 11.6 Å². The van der Waals surface area contributed by atoms with Crippen LogP contribution in [0.4, 0.5) is 0 Å². The minimum atomic E-state index is -0.0625. The van der Waals surface area contributed by atoms with E-state index in [1.54, 1.807) is 0 Å². The zero-order valence-corrected chi connectivity index (χ0v) is 5.95. The van der Waals surface area contributed by atoms with Crippen LogP contribution in [0.1, 0.15) is 13.8 Å². The Balaban J connectivity index is 3.68. The Morgan fingerprint density at radius 3 is 2.00 bits per heavy atom. The smallest absolute Gasteiger partial charge is 0.220 e. The summed E-state index contributed by atoms with van der Waals surface area (Å²) in [6.07, 6.45) is 1.53. The van der Waals surface area contributed by atoms with E-state index in [2.05, 4.69) is 15.9 Å². The minimum Gasteiger partial charge on any atom is -0.282 e. The van der Waals surface area contributed by atoms with Crippen LogP contribution in [0.2, 0.25) is 0 Å². The Hall–Kier alpha value is -0.110. The maximum absolute atomic E-state index is 10.1. The zero-order valence-electron chi connectivity index (χ0n) is 4.36. The summed E-state index contributed by atoms with van der Waals surface area (Å²) >= 11 is 2.76. The van der Waals surface area contributed by atoms with E-state index < -0.39 is 0 Å². The Morgan fingerprint density at radius 2 is 2.00 bits per heavy atom. The second-order valence-corrected chi connectivity index (χ2v) is 2.31. The van der Waals surface area contributed by atoms with Gasteiger partial charge in [-0.15, -0.1) is 0 Å². The van der Waals surface area contributed by atoms with E-state index in [1.807, 2.05) is 13.8 Å². The predicted molar refractivity (Wildman–Crippen MR) is 33.4 cm³/mol. The van der Waals surface area contributed by atoms with Gasteiger partial charge < -0.3 is 0 Å². The fraction of sp³-hybridized carbons (Fsp3) is 0.400. The predicted octanol–water partition coefficient (Wildman–Crippen LogP) is 1.87. The van der Waals surface area contributed by atoms with Crippen molar-refractivity contribution in [2.24, 2.45) is 0 Å². The molecule has 0 spiro atoms. The first-order chi connectivity index (χ1) is 3.13. The van der Waals surface area contributed by atoms with Crippen LogP contribution in [0, 0.1) is 0 Å². The largest absolute Gasteiger partial charge is 0.282 e. The molecule has 0 N–H and O–H groups in total. The van der Waals surface area contributed by atoms with Crippen molar-refractivity contribution in [3.05, 3.63) is 11.6 Å². The van der Waals surface area contributed by atoms with Crippen LogP contribution < -0.4 is 0 Å². The van der Waals surface area contributed by atoms with Gasteiger partial charge in [-0.1, -0.05) is 5.57 Å². The van der Waals surface area contributed by atoms with Gasteiger partial charge in [-0.25, -0.2) is 0 Å². The van der Waals surface area contributed by atoms with Crippen molar-refractivity contribution >= 4 is 20.6 Å². The number of carbonyl (C=O) groups is 1. The maximum atomic E-state index is 10.1. The summed E-state index contributed by atoms with van der Waals surface area (Å²) in [6.45, 7) is 3.75. The van der Waals surface area contributed by atoms with E-state index in [-0.39, 0.29) is 4.69 Å². The number of hydrogen-bond acceptors (Lipinski definition) is 1. The highest BCUT2D eigenvalue weighted by Crippen LogP contribution is 1.92. The van der Waals surface area contributed by atoms with E-state index in [0.717, 1.165) is 5.57 Å². The molecular weight excluding hydrogens is 156 g/mol. The molecule has 2 heteroatoms. The van der Waals surface area contributed by atoms with Gasteiger partial charge >= 0.3 is 0 Å². The lowest BCUT2D eigenvalue weighted by Crippen LogP contribution is -1.74. The quantitative estimate of drug-likeness (QED) is 0.426. The summed E-state index contributed by atoms with van der Waals surface area (Å²) in [5, 5.41) is 0. The fourth-order valence-corrected chi connectivity index (χ4v) is 0.685. The summed E-state index contributed by atoms with van der Waals surface area (Å²) in [5.74, 6) is 0. The second kappa shape index (κ2) is 2.97. The van der Waals surface area contributed by atoms with Gasteiger partial charge in [0, 0.05) is 0 Å². The normalized spacial score (nSPS) is 7.86.